The lowest BCUT2D eigenvalue weighted by Gasteiger charge is -2.23. The quantitative estimate of drug-likeness (QED) is 0.823. The van der Waals surface area contributed by atoms with Crippen molar-refractivity contribution in [2.45, 2.75) is 30.9 Å². The van der Waals surface area contributed by atoms with Crippen molar-refractivity contribution >= 4 is 16.0 Å². The molecule has 1 fully saturated rings. The van der Waals surface area contributed by atoms with Crippen LogP contribution >= 0.6 is 0 Å². The first-order valence-electron chi connectivity index (χ1n) is 6.63. The Morgan fingerprint density at radius 2 is 1.90 bits per heavy atom. The maximum absolute atomic E-state index is 12.7. The lowest BCUT2D eigenvalue weighted by atomic mass is 10.0. The van der Waals surface area contributed by atoms with E-state index in [1.165, 1.54) is 19.2 Å². The minimum atomic E-state index is -3.85. The molecule has 1 aromatic rings. The molecule has 1 aliphatic rings. The first kappa shape index (κ1) is 15.9. The molecule has 1 aromatic carbocycles. The molecule has 21 heavy (non-hydrogen) atoms. The second kappa shape index (κ2) is 5.75. The van der Waals surface area contributed by atoms with Crippen LogP contribution in [0.2, 0.25) is 0 Å². The number of rotatable bonds is 3. The van der Waals surface area contributed by atoms with Crippen molar-refractivity contribution in [3.8, 4) is 0 Å². The fourth-order valence-electron chi connectivity index (χ4n) is 2.46. The van der Waals surface area contributed by atoms with Crippen LogP contribution in [0, 0.1) is 12.8 Å². The highest BCUT2D eigenvalue weighted by Gasteiger charge is 2.49. The summed E-state index contributed by atoms with van der Waals surface area (Å²) >= 11 is 0. The van der Waals surface area contributed by atoms with Gasteiger partial charge >= 0.3 is 5.97 Å². The van der Waals surface area contributed by atoms with E-state index < -0.39 is 28.1 Å². The highest BCUT2D eigenvalue weighted by Crippen LogP contribution is 2.30. The highest BCUT2D eigenvalue weighted by atomic mass is 32.2. The van der Waals surface area contributed by atoms with Crippen molar-refractivity contribution in [3.63, 3.8) is 0 Å². The van der Waals surface area contributed by atoms with Gasteiger partial charge in [-0.3, -0.25) is 4.79 Å². The molecule has 3 unspecified atom stereocenters. The molecule has 3 atom stereocenters. The van der Waals surface area contributed by atoms with Crippen LogP contribution in [-0.2, 0) is 19.6 Å². The van der Waals surface area contributed by atoms with Crippen LogP contribution < -0.4 is 0 Å². The first-order valence-corrected chi connectivity index (χ1v) is 8.07. The zero-order chi connectivity index (χ0) is 15.8. The Balaban J connectivity index is 2.42. The molecule has 6 nitrogen and oxygen atoms in total. The molecule has 0 saturated carbocycles. The number of hydrogen-bond donors (Lipinski definition) is 1. The highest BCUT2D eigenvalue weighted by molar-refractivity contribution is 7.89. The zero-order valence-electron chi connectivity index (χ0n) is 12.2. The average Bonchev–Trinajstić information content (AvgIpc) is 2.75. The third-order valence-corrected chi connectivity index (χ3v) is 5.62. The van der Waals surface area contributed by atoms with E-state index in [0.29, 0.717) is 0 Å². The van der Waals surface area contributed by atoms with Crippen LogP contribution in [0.25, 0.3) is 0 Å². The van der Waals surface area contributed by atoms with Crippen LogP contribution in [0.15, 0.2) is 29.2 Å². The maximum atomic E-state index is 12.7. The predicted molar refractivity (Wildman–Crippen MR) is 76.0 cm³/mol. The van der Waals surface area contributed by atoms with Crippen molar-refractivity contribution in [2.24, 2.45) is 5.92 Å². The summed E-state index contributed by atoms with van der Waals surface area (Å²) in [5, 5.41) is 10.1. The normalized spacial score (nSPS) is 26.8. The second-order valence-electron chi connectivity index (χ2n) is 5.32. The van der Waals surface area contributed by atoms with Gasteiger partial charge in [0.05, 0.1) is 18.1 Å². The molecule has 0 aromatic heterocycles. The van der Waals surface area contributed by atoms with E-state index in [1.54, 1.807) is 19.1 Å². The van der Waals surface area contributed by atoms with E-state index in [2.05, 4.69) is 4.74 Å². The van der Waals surface area contributed by atoms with E-state index in [4.69, 9.17) is 0 Å². The number of nitrogens with zero attached hydrogens (tertiary/aromatic N) is 1. The largest absolute Gasteiger partial charge is 0.468 e. The van der Waals surface area contributed by atoms with Gasteiger partial charge < -0.3 is 9.84 Å². The van der Waals surface area contributed by atoms with E-state index in [9.17, 15) is 18.3 Å². The molecule has 1 saturated heterocycles. The van der Waals surface area contributed by atoms with Crippen LogP contribution in [0.5, 0.6) is 0 Å². The summed E-state index contributed by atoms with van der Waals surface area (Å²) < 4.78 is 31.0. The number of hydrogen-bond acceptors (Lipinski definition) is 5. The second-order valence-corrected chi connectivity index (χ2v) is 7.21. The zero-order valence-corrected chi connectivity index (χ0v) is 13.0. The molecular weight excluding hydrogens is 294 g/mol. The number of aryl methyl sites for hydroxylation is 1. The van der Waals surface area contributed by atoms with E-state index >= 15 is 0 Å². The van der Waals surface area contributed by atoms with Gasteiger partial charge in [0.15, 0.2) is 0 Å². The van der Waals surface area contributed by atoms with E-state index in [-0.39, 0.29) is 17.4 Å². The molecule has 1 heterocycles. The number of carbonyl (C=O) groups excluding carboxylic acids is 1. The Morgan fingerprint density at radius 3 is 2.43 bits per heavy atom. The summed E-state index contributed by atoms with van der Waals surface area (Å²) in [6.07, 6.45) is -1.07. The molecule has 1 N–H and O–H groups in total. The van der Waals surface area contributed by atoms with Gasteiger partial charge in [-0.05, 0) is 25.0 Å². The van der Waals surface area contributed by atoms with E-state index in [1.807, 2.05) is 6.92 Å². The number of aliphatic hydroxyl groups excluding tert-OH is 1. The Kier molecular flexibility index (Phi) is 4.36. The van der Waals surface area contributed by atoms with Crippen LogP contribution in [0.1, 0.15) is 12.5 Å². The minimum absolute atomic E-state index is 0.0805. The molecular formula is C14H19NO5S. The summed E-state index contributed by atoms with van der Waals surface area (Å²) in [6.45, 7) is 3.64. The van der Waals surface area contributed by atoms with E-state index in [0.717, 1.165) is 9.87 Å². The third-order valence-electron chi connectivity index (χ3n) is 3.75. The molecule has 7 heteroatoms. The first-order chi connectivity index (χ1) is 9.78. The van der Waals surface area contributed by atoms with Crippen molar-refractivity contribution in [2.75, 3.05) is 13.7 Å². The summed E-state index contributed by atoms with van der Waals surface area (Å²) in [4.78, 5) is 11.9. The third kappa shape index (κ3) is 2.81. The number of aliphatic hydroxyl groups is 1. The monoisotopic (exact) mass is 313 g/mol. The summed E-state index contributed by atoms with van der Waals surface area (Å²) in [7, 11) is -2.68. The summed E-state index contributed by atoms with van der Waals surface area (Å²) in [6, 6.07) is 5.17. The van der Waals surface area contributed by atoms with Crippen molar-refractivity contribution in [1.29, 1.82) is 0 Å². The fraction of sp³-hybridized carbons (Fsp3) is 0.500. The molecule has 0 amide bonds. The Labute approximate surface area is 124 Å². The number of methoxy groups -OCH3 is 1. The van der Waals surface area contributed by atoms with Gasteiger partial charge in [0, 0.05) is 6.54 Å². The van der Waals surface area contributed by atoms with Crippen molar-refractivity contribution in [1.82, 2.24) is 4.31 Å². The van der Waals surface area contributed by atoms with Gasteiger partial charge in [0.2, 0.25) is 10.0 Å². The van der Waals surface area contributed by atoms with Gasteiger partial charge in [-0.2, -0.15) is 4.31 Å². The molecule has 116 valence electrons. The summed E-state index contributed by atoms with van der Waals surface area (Å²) in [5.74, 6) is -1.09. The smallest absolute Gasteiger partial charge is 0.326 e. The van der Waals surface area contributed by atoms with Crippen LogP contribution in [0.4, 0.5) is 0 Å². The van der Waals surface area contributed by atoms with Crippen molar-refractivity contribution < 1.29 is 23.1 Å². The Morgan fingerprint density at radius 1 is 1.33 bits per heavy atom. The fourth-order valence-corrected chi connectivity index (χ4v) is 4.15. The van der Waals surface area contributed by atoms with Crippen LogP contribution in [0.3, 0.4) is 0 Å². The molecule has 2 rings (SSSR count). The van der Waals surface area contributed by atoms with Gasteiger partial charge in [0.25, 0.3) is 0 Å². The molecule has 0 bridgehead atoms. The van der Waals surface area contributed by atoms with Gasteiger partial charge in [-0.25, -0.2) is 8.42 Å². The minimum Gasteiger partial charge on any atom is -0.468 e. The molecule has 0 radical (unpaired) electrons. The molecule has 1 aliphatic heterocycles. The standard InChI is InChI=1S/C14H19NO5S/c1-9-4-6-11(7-5-9)21(18,19)15-8-10(2)13(16)12(15)14(17)20-3/h4-7,10,12-13,16H,8H2,1-3H3. The number of sulfonamides is 1. The maximum Gasteiger partial charge on any atom is 0.326 e. The summed E-state index contributed by atoms with van der Waals surface area (Å²) in [5.41, 5.74) is 0.938. The Bertz CT molecular complexity index is 625. The average molecular weight is 313 g/mol. The lowest BCUT2D eigenvalue weighted by Crippen LogP contribution is -2.45. The lowest BCUT2D eigenvalue weighted by molar-refractivity contribution is -0.147. The van der Waals surface area contributed by atoms with Crippen molar-refractivity contribution in [3.05, 3.63) is 29.8 Å². The SMILES string of the molecule is COC(=O)C1C(O)C(C)CN1S(=O)(=O)c1ccc(C)cc1. The molecule has 0 spiro atoms. The number of benzene rings is 1. The van der Waals surface area contributed by atoms with Gasteiger partial charge in [-0.1, -0.05) is 24.6 Å². The number of carbonyl (C=O) groups is 1. The van der Waals surface area contributed by atoms with Gasteiger partial charge in [0.1, 0.15) is 6.04 Å². The predicted octanol–water partition coefficient (Wildman–Crippen LogP) is 0.538. The molecule has 0 aliphatic carbocycles. The number of ether oxygens (including phenoxy) is 1. The number of esters is 1. The van der Waals surface area contributed by atoms with Gasteiger partial charge in [-0.15, -0.1) is 0 Å². The Hall–Kier alpha value is -1.44. The van der Waals surface area contributed by atoms with Crippen LogP contribution in [-0.4, -0.2) is 49.6 Å². The topological polar surface area (TPSA) is 83.9 Å².